The third kappa shape index (κ3) is 4.88. The molecule has 1 atom stereocenters. The van der Waals surface area contributed by atoms with Crippen molar-refractivity contribution in [3.8, 4) is 0 Å². The minimum atomic E-state index is -4.67. The first kappa shape index (κ1) is 20.0. The number of rotatable bonds is 5. The molecule has 140 valence electrons. The highest BCUT2D eigenvalue weighted by Crippen LogP contribution is 2.29. The van der Waals surface area contributed by atoms with E-state index in [9.17, 15) is 22.8 Å². The van der Waals surface area contributed by atoms with Crippen LogP contribution in [0.5, 0.6) is 0 Å². The van der Waals surface area contributed by atoms with E-state index in [1.165, 1.54) is 0 Å². The number of nitrogens with one attached hydrogen (secondary N) is 1. The summed E-state index contributed by atoms with van der Waals surface area (Å²) < 4.78 is 39.1. The smallest absolute Gasteiger partial charge is 0.325 e. The van der Waals surface area contributed by atoms with E-state index in [4.69, 9.17) is 11.6 Å². The van der Waals surface area contributed by atoms with Crippen LogP contribution in [0.25, 0.3) is 0 Å². The Morgan fingerprint density at radius 1 is 1.27 bits per heavy atom. The van der Waals surface area contributed by atoms with Gasteiger partial charge < -0.3 is 9.88 Å². The van der Waals surface area contributed by atoms with Crippen LogP contribution in [-0.4, -0.2) is 10.5 Å². The molecule has 0 spiro atoms. The van der Waals surface area contributed by atoms with Crippen LogP contribution in [0.3, 0.4) is 0 Å². The summed E-state index contributed by atoms with van der Waals surface area (Å²) in [6.07, 6.45) is -3.11. The molecule has 4 nitrogen and oxygen atoms in total. The van der Waals surface area contributed by atoms with Gasteiger partial charge in [0.2, 0.25) is 5.91 Å². The van der Waals surface area contributed by atoms with Gasteiger partial charge in [-0.3, -0.25) is 9.59 Å². The van der Waals surface area contributed by atoms with Crippen LogP contribution in [0.15, 0.2) is 41.3 Å². The molecule has 8 heteroatoms. The summed E-state index contributed by atoms with van der Waals surface area (Å²) in [6, 6.07) is 7.71. The Morgan fingerprint density at radius 2 is 1.88 bits per heavy atom. The first-order valence-electron chi connectivity index (χ1n) is 7.98. The Bertz CT molecular complexity index is 845. The molecule has 0 fully saturated rings. The van der Waals surface area contributed by atoms with Crippen molar-refractivity contribution in [1.82, 2.24) is 4.57 Å². The van der Waals surface area contributed by atoms with Gasteiger partial charge in [-0.05, 0) is 36.1 Å². The molecule has 1 amide bonds. The molecule has 0 aliphatic carbocycles. The second-order valence-corrected chi connectivity index (χ2v) is 6.39. The highest BCUT2D eigenvalue weighted by Gasteiger charge is 2.32. The van der Waals surface area contributed by atoms with Crippen LogP contribution in [0.2, 0.25) is 5.02 Å². The number of benzene rings is 1. The summed E-state index contributed by atoms with van der Waals surface area (Å²) in [5.74, 6) is -0.246. The fraction of sp³-hybridized carbons (Fsp3) is 0.333. The average molecular weight is 387 g/mol. The van der Waals surface area contributed by atoms with Crippen LogP contribution in [0.4, 0.5) is 18.9 Å². The summed E-state index contributed by atoms with van der Waals surface area (Å²) in [5, 5.41) is 1.96. The van der Waals surface area contributed by atoms with E-state index in [1.54, 1.807) is 12.1 Å². The first-order chi connectivity index (χ1) is 12.1. The monoisotopic (exact) mass is 386 g/mol. The molecule has 0 saturated heterocycles. The zero-order chi connectivity index (χ0) is 19.5. The number of hydrogen-bond acceptors (Lipinski definition) is 2. The topological polar surface area (TPSA) is 51.1 Å². The Labute approximate surface area is 153 Å². The van der Waals surface area contributed by atoms with E-state index in [0.717, 1.165) is 12.0 Å². The van der Waals surface area contributed by atoms with Crippen LogP contribution in [0.1, 0.15) is 37.3 Å². The van der Waals surface area contributed by atoms with E-state index >= 15 is 0 Å². The largest absolute Gasteiger partial charge is 0.417 e. The number of nitrogens with zero attached hydrogens (tertiary/aromatic N) is 1. The van der Waals surface area contributed by atoms with Gasteiger partial charge in [0.25, 0.3) is 5.56 Å². The van der Waals surface area contributed by atoms with Crippen LogP contribution in [0, 0.1) is 0 Å². The van der Waals surface area contributed by atoms with Crippen LogP contribution in [-0.2, 0) is 17.5 Å². The molecule has 2 aromatic rings. The molecule has 0 unspecified atom stereocenters. The Balaban J connectivity index is 2.15. The third-order valence-corrected chi connectivity index (χ3v) is 4.33. The SMILES string of the molecule is CC[C@@H](C)c1ccc(NC(=O)Cn2cc(C(F)(F)F)cc(Cl)c2=O)cc1. The molecule has 0 saturated carbocycles. The summed E-state index contributed by atoms with van der Waals surface area (Å²) in [4.78, 5) is 24.0. The van der Waals surface area contributed by atoms with Gasteiger partial charge in [0, 0.05) is 11.9 Å². The molecule has 1 N–H and O–H groups in total. The molecule has 0 bridgehead atoms. The van der Waals surface area contributed by atoms with Crippen molar-refractivity contribution in [3.05, 3.63) is 63.0 Å². The zero-order valence-corrected chi connectivity index (χ0v) is 15.0. The second kappa shape index (κ2) is 7.95. The van der Waals surface area contributed by atoms with E-state index in [-0.39, 0.29) is 0 Å². The molecule has 1 aromatic carbocycles. The summed E-state index contributed by atoms with van der Waals surface area (Å²) >= 11 is 5.56. The summed E-state index contributed by atoms with van der Waals surface area (Å²) in [5.41, 5.74) is -0.339. The van der Waals surface area contributed by atoms with Gasteiger partial charge in [0.1, 0.15) is 11.6 Å². The molecule has 0 aliphatic heterocycles. The maximum atomic E-state index is 12.8. The van der Waals surface area contributed by atoms with Gasteiger partial charge in [-0.15, -0.1) is 0 Å². The molecule has 2 rings (SSSR count). The normalized spacial score (nSPS) is 12.7. The number of halogens is 4. The van der Waals surface area contributed by atoms with Crippen LogP contribution < -0.4 is 10.9 Å². The Kier molecular flexibility index (Phi) is 6.13. The highest BCUT2D eigenvalue weighted by molar-refractivity contribution is 6.30. The molecule has 0 aliphatic rings. The van der Waals surface area contributed by atoms with E-state index in [1.807, 2.05) is 12.1 Å². The minimum absolute atomic E-state index is 0.380. The van der Waals surface area contributed by atoms with Crippen molar-refractivity contribution in [1.29, 1.82) is 0 Å². The number of alkyl halides is 3. The molecular formula is C18H18ClF3N2O2. The number of hydrogen-bond donors (Lipinski definition) is 1. The lowest BCUT2D eigenvalue weighted by atomic mass is 9.99. The predicted molar refractivity (Wildman–Crippen MR) is 94.5 cm³/mol. The zero-order valence-electron chi connectivity index (χ0n) is 14.2. The Morgan fingerprint density at radius 3 is 2.42 bits per heavy atom. The standard InChI is InChI=1S/C18H18ClF3N2O2/c1-3-11(2)12-4-6-14(7-5-12)23-16(25)10-24-9-13(18(20,21)22)8-15(19)17(24)26/h4-9,11H,3,10H2,1-2H3,(H,23,25)/t11-/m1/s1. The molecule has 0 radical (unpaired) electrons. The van der Waals surface area contributed by atoms with E-state index in [2.05, 4.69) is 19.2 Å². The van der Waals surface area contributed by atoms with Crippen molar-refractivity contribution >= 4 is 23.2 Å². The molecular weight excluding hydrogens is 369 g/mol. The van der Waals surface area contributed by atoms with Gasteiger partial charge in [0.05, 0.1) is 5.56 Å². The van der Waals surface area contributed by atoms with Gasteiger partial charge >= 0.3 is 6.18 Å². The van der Waals surface area contributed by atoms with E-state index in [0.29, 0.717) is 28.4 Å². The van der Waals surface area contributed by atoms with Gasteiger partial charge in [-0.1, -0.05) is 37.6 Å². The van der Waals surface area contributed by atoms with Gasteiger partial charge in [-0.25, -0.2) is 0 Å². The molecule has 1 aromatic heterocycles. The van der Waals surface area contributed by atoms with Crippen LogP contribution >= 0.6 is 11.6 Å². The highest BCUT2D eigenvalue weighted by atomic mass is 35.5. The lowest BCUT2D eigenvalue weighted by Crippen LogP contribution is -2.29. The Hall–Kier alpha value is -2.28. The van der Waals surface area contributed by atoms with E-state index < -0.39 is 34.8 Å². The number of pyridine rings is 1. The molecule has 26 heavy (non-hydrogen) atoms. The predicted octanol–water partition coefficient (Wildman–Crippen LogP) is 4.67. The number of carbonyl (C=O) groups is 1. The van der Waals surface area contributed by atoms with Gasteiger partial charge in [0.15, 0.2) is 0 Å². The maximum absolute atomic E-state index is 12.8. The third-order valence-electron chi connectivity index (χ3n) is 4.06. The lowest BCUT2D eigenvalue weighted by molar-refractivity contribution is -0.138. The molecule has 1 heterocycles. The quantitative estimate of drug-likeness (QED) is 0.811. The van der Waals surface area contributed by atoms with Crippen molar-refractivity contribution in [2.24, 2.45) is 0 Å². The second-order valence-electron chi connectivity index (χ2n) is 5.99. The van der Waals surface area contributed by atoms with Crippen molar-refractivity contribution in [3.63, 3.8) is 0 Å². The van der Waals surface area contributed by atoms with Gasteiger partial charge in [-0.2, -0.15) is 13.2 Å². The number of carbonyl (C=O) groups excluding carboxylic acids is 1. The fourth-order valence-electron chi connectivity index (χ4n) is 2.36. The van der Waals surface area contributed by atoms with Crippen molar-refractivity contribution < 1.29 is 18.0 Å². The summed E-state index contributed by atoms with van der Waals surface area (Å²) in [7, 11) is 0. The number of amides is 1. The maximum Gasteiger partial charge on any atom is 0.417 e. The number of aromatic nitrogens is 1. The first-order valence-corrected chi connectivity index (χ1v) is 8.36. The fourth-order valence-corrected chi connectivity index (χ4v) is 2.58. The summed E-state index contributed by atoms with van der Waals surface area (Å²) in [6.45, 7) is 3.57. The lowest BCUT2D eigenvalue weighted by Gasteiger charge is -2.13. The van der Waals surface area contributed by atoms with Crippen molar-refractivity contribution in [2.45, 2.75) is 38.9 Å². The van der Waals surface area contributed by atoms with Crippen molar-refractivity contribution in [2.75, 3.05) is 5.32 Å². The minimum Gasteiger partial charge on any atom is -0.325 e. The average Bonchev–Trinajstić information content (AvgIpc) is 2.57. The number of anilines is 1.